The van der Waals surface area contributed by atoms with Gasteiger partial charge in [0.1, 0.15) is 0 Å². The van der Waals surface area contributed by atoms with E-state index in [4.69, 9.17) is 10.5 Å². The number of carbonyl (C=O) groups is 2. The Morgan fingerprint density at radius 3 is 1.81 bits per heavy atom. The molecule has 0 bridgehead atoms. The molecule has 6 nitrogen and oxygen atoms in total. The summed E-state index contributed by atoms with van der Waals surface area (Å²) in [4.78, 5) is 22.6. The van der Waals surface area contributed by atoms with Crippen LogP contribution in [0.1, 0.15) is 33.6 Å². The van der Waals surface area contributed by atoms with E-state index in [0.717, 1.165) is 10.7 Å². The SMILES string of the molecule is CS(=O)(=O)c1ccccc1C(=O)CC#N.N#CCC(=O)c1ccccc1Br. The van der Waals surface area contributed by atoms with Crippen LogP contribution in [0.2, 0.25) is 0 Å². The molecule has 0 radical (unpaired) electrons. The lowest BCUT2D eigenvalue weighted by Gasteiger charge is -2.04. The number of carbonyl (C=O) groups excluding carboxylic acids is 2. The van der Waals surface area contributed by atoms with E-state index in [1.54, 1.807) is 36.4 Å². The Balaban J connectivity index is 0.000000277. The Bertz CT molecular complexity index is 1030. The standard InChI is InChI=1S/C10H9NO3S.C9H6BrNO/c1-15(13,14)10-5-3-2-4-8(10)9(12)6-7-11;10-8-4-2-1-3-7(8)9(12)5-6-11/h2-5H,6H2,1H3;1-4H,5H2. The first-order valence-corrected chi connectivity index (χ1v) is 10.2. The highest BCUT2D eigenvalue weighted by molar-refractivity contribution is 9.10. The van der Waals surface area contributed by atoms with Crippen molar-refractivity contribution in [2.45, 2.75) is 17.7 Å². The number of hydrogen-bond donors (Lipinski definition) is 0. The van der Waals surface area contributed by atoms with Gasteiger partial charge in [-0.2, -0.15) is 10.5 Å². The molecule has 0 fully saturated rings. The van der Waals surface area contributed by atoms with Crippen LogP contribution >= 0.6 is 15.9 Å². The molecule has 0 unspecified atom stereocenters. The molecule has 2 aromatic carbocycles. The number of hydrogen-bond acceptors (Lipinski definition) is 6. The van der Waals surface area contributed by atoms with E-state index in [2.05, 4.69) is 15.9 Å². The molecule has 0 N–H and O–H groups in total. The van der Waals surface area contributed by atoms with Crippen molar-refractivity contribution in [1.82, 2.24) is 0 Å². The van der Waals surface area contributed by atoms with Crippen LogP contribution in [0, 0.1) is 22.7 Å². The normalized spacial score (nSPS) is 9.93. The van der Waals surface area contributed by atoms with Gasteiger partial charge >= 0.3 is 0 Å². The van der Waals surface area contributed by atoms with Gasteiger partial charge in [-0.25, -0.2) is 8.42 Å². The molecular weight excluding hydrogens is 432 g/mol. The molecule has 0 aromatic heterocycles. The van der Waals surface area contributed by atoms with Crippen LogP contribution in [-0.4, -0.2) is 26.2 Å². The fourth-order valence-electron chi connectivity index (χ4n) is 2.04. The molecule has 0 aliphatic carbocycles. The maximum atomic E-state index is 11.4. The fraction of sp³-hybridized carbons (Fsp3) is 0.158. The number of nitriles is 2. The average molecular weight is 447 g/mol. The number of Topliss-reactive ketones (excluding diaryl/α,β-unsaturated/α-hetero) is 2. The minimum absolute atomic E-state index is 0.0229. The summed E-state index contributed by atoms with van der Waals surface area (Å²) in [5.41, 5.74) is 0.653. The lowest BCUT2D eigenvalue weighted by atomic mass is 10.1. The summed E-state index contributed by atoms with van der Waals surface area (Å²) in [5.74, 6) is -0.622. The second-order valence-electron chi connectivity index (χ2n) is 5.26. The molecule has 0 saturated carbocycles. The van der Waals surface area contributed by atoms with Gasteiger partial charge in [-0.1, -0.05) is 52.3 Å². The molecular formula is C19H15BrN2O4S. The van der Waals surface area contributed by atoms with E-state index >= 15 is 0 Å². The smallest absolute Gasteiger partial charge is 0.178 e. The minimum Gasteiger partial charge on any atom is -0.293 e. The van der Waals surface area contributed by atoms with Gasteiger partial charge in [0.05, 0.1) is 29.9 Å². The zero-order valence-corrected chi connectivity index (χ0v) is 16.7. The van der Waals surface area contributed by atoms with Crippen molar-refractivity contribution in [3.63, 3.8) is 0 Å². The molecule has 0 saturated heterocycles. The summed E-state index contributed by atoms with van der Waals surface area (Å²) in [7, 11) is -3.43. The Morgan fingerprint density at radius 1 is 0.889 bits per heavy atom. The van der Waals surface area contributed by atoms with E-state index in [0.29, 0.717) is 5.56 Å². The number of nitrogens with zero attached hydrogens (tertiary/aromatic N) is 2. The number of ketones is 2. The third-order valence-corrected chi connectivity index (χ3v) is 5.09. The lowest BCUT2D eigenvalue weighted by molar-refractivity contribution is 0.0987. The summed E-state index contributed by atoms with van der Waals surface area (Å²) >= 11 is 3.24. The summed E-state index contributed by atoms with van der Waals surface area (Å²) in [5, 5.41) is 16.7. The Labute approximate surface area is 166 Å². The summed E-state index contributed by atoms with van der Waals surface area (Å²) < 4.78 is 23.4. The van der Waals surface area contributed by atoms with Crippen molar-refractivity contribution >= 4 is 37.3 Å². The molecule has 27 heavy (non-hydrogen) atoms. The maximum absolute atomic E-state index is 11.4. The van der Waals surface area contributed by atoms with Crippen molar-refractivity contribution in [2.75, 3.05) is 6.26 Å². The fourth-order valence-corrected chi connectivity index (χ4v) is 3.45. The third kappa shape index (κ3) is 6.78. The summed E-state index contributed by atoms with van der Waals surface area (Å²) in [6, 6.07) is 16.5. The van der Waals surface area contributed by atoms with Crippen LogP contribution in [0.5, 0.6) is 0 Å². The van der Waals surface area contributed by atoms with Gasteiger partial charge in [-0.3, -0.25) is 9.59 Å². The van der Waals surface area contributed by atoms with Gasteiger partial charge in [-0.05, 0) is 12.1 Å². The number of halogens is 1. The maximum Gasteiger partial charge on any atom is 0.178 e. The third-order valence-electron chi connectivity index (χ3n) is 3.24. The molecule has 0 heterocycles. The first kappa shape index (κ1) is 22.2. The van der Waals surface area contributed by atoms with Crippen LogP contribution in [0.4, 0.5) is 0 Å². The Morgan fingerprint density at radius 2 is 1.33 bits per heavy atom. The highest BCUT2D eigenvalue weighted by atomic mass is 79.9. The molecule has 0 spiro atoms. The van der Waals surface area contributed by atoms with Crippen LogP contribution in [0.15, 0.2) is 57.9 Å². The zero-order valence-electron chi connectivity index (χ0n) is 14.3. The number of sulfone groups is 1. The van der Waals surface area contributed by atoms with Crippen molar-refractivity contribution < 1.29 is 18.0 Å². The molecule has 2 rings (SSSR count). The van der Waals surface area contributed by atoms with Crippen LogP contribution in [-0.2, 0) is 9.84 Å². The predicted octanol–water partition coefficient (Wildman–Crippen LogP) is 3.73. The van der Waals surface area contributed by atoms with Gasteiger partial charge < -0.3 is 0 Å². The highest BCUT2D eigenvalue weighted by Crippen LogP contribution is 2.17. The van der Waals surface area contributed by atoms with Crippen molar-refractivity contribution in [3.05, 3.63) is 64.1 Å². The average Bonchev–Trinajstić information content (AvgIpc) is 2.62. The Kier molecular flexibility index (Phi) is 8.53. The largest absolute Gasteiger partial charge is 0.293 e. The minimum atomic E-state index is -3.43. The Hall–Kier alpha value is -2.81. The molecule has 0 aliphatic heterocycles. The lowest BCUT2D eigenvalue weighted by Crippen LogP contribution is -2.07. The van der Waals surface area contributed by atoms with E-state index in [-0.39, 0.29) is 29.1 Å². The molecule has 8 heteroatoms. The molecule has 0 atom stereocenters. The van der Waals surface area contributed by atoms with E-state index in [1.807, 2.05) is 12.1 Å². The van der Waals surface area contributed by atoms with Crippen molar-refractivity contribution in [2.24, 2.45) is 0 Å². The molecule has 0 amide bonds. The molecule has 2 aromatic rings. The molecule has 138 valence electrons. The predicted molar refractivity (Wildman–Crippen MR) is 103 cm³/mol. The summed E-state index contributed by atoms with van der Waals surface area (Å²) in [6.45, 7) is 0. The van der Waals surface area contributed by atoms with Gasteiger partial charge in [-0.15, -0.1) is 0 Å². The topological polar surface area (TPSA) is 116 Å². The van der Waals surface area contributed by atoms with E-state index < -0.39 is 15.6 Å². The van der Waals surface area contributed by atoms with Gasteiger partial charge in [0.2, 0.25) is 0 Å². The van der Waals surface area contributed by atoms with Gasteiger partial charge in [0.25, 0.3) is 0 Å². The van der Waals surface area contributed by atoms with Gasteiger partial charge in [0.15, 0.2) is 21.4 Å². The first-order valence-electron chi connectivity index (χ1n) is 7.56. The van der Waals surface area contributed by atoms with Crippen LogP contribution in [0.25, 0.3) is 0 Å². The number of benzene rings is 2. The van der Waals surface area contributed by atoms with Crippen molar-refractivity contribution in [1.29, 1.82) is 10.5 Å². The first-order chi connectivity index (χ1) is 12.7. The van der Waals surface area contributed by atoms with Crippen LogP contribution < -0.4 is 0 Å². The second-order valence-corrected chi connectivity index (χ2v) is 8.10. The van der Waals surface area contributed by atoms with Gasteiger partial charge in [0, 0.05) is 21.9 Å². The quantitative estimate of drug-likeness (QED) is 0.645. The van der Waals surface area contributed by atoms with E-state index in [9.17, 15) is 18.0 Å². The monoisotopic (exact) mass is 446 g/mol. The number of rotatable bonds is 5. The van der Waals surface area contributed by atoms with Crippen molar-refractivity contribution in [3.8, 4) is 12.1 Å². The highest BCUT2D eigenvalue weighted by Gasteiger charge is 2.17. The van der Waals surface area contributed by atoms with Crippen LogP contribution in [0.3, 0.4) is 0 Å². The second kappa shape index (κ2) is 10.4. The zero-order chi connectivity index (χ0) is 20.4. The molecule has 0 aliphatic rings. The summed E-state index contributed by atoms with van der Waals surface area (Å²) in [6.07, 6.45) is 0.653. The van der Waals surface area contributed by atoms with E-state index in [1.165, 1.54) is 12.1 Å².